The van der Waals surface area contributed by atoms with Crippen molar-refractivity contribution in [1.29, 1.82) is 0 Å². The molecule has 0 unspecified atom stereocenters. The summed E-state index contributed by atoms with van der Waals surface area (Å²) in [6.07, 6.45) is 2.25. The van der Waals surface area contributed by atoms with Gasteiger partial charge in [0.05, 0.1) is 6.10 Å². The Morgan fingerprint density at radius 2 is 1.88 bits per heavy atom. The fourth-order valence-electron chi connectivity index (χ4n) is 2.34. The lowest BCUT2D eigenvalue weighted by Crippen LogP contribution is -2.29. The van der Waals surface area contributed by atoms with Crippen molar-refractivity contribution in [2.24, 2.45) is 0 Å². The van der Waals surface area contributed by atoms with E-state index in [0.717, 1.165) is 30.8 Å². The minimum atomic E-state index is 0.159. The van der Waals surface area contributed by atoms with Crippen LogP contribution < -0.4 is 15.4 Å². The van der Waals surface area contributed by atoms with Crippen LogP contribution in [0.4, 0.5) is 5.69 Å². The highest BCUT2D eigenvalue weighted by atomic mass is 32.1. The number of anilines is 1. The van der Waals surface area contributed by atoms with Crippen molar-refractivity contribution in [3.8, 4) is 5.75 Å². The first-order valence-corrected chi connectivity index (χ1v) is 8.81. The van der Waals surface area contributed by atoms with E-state index in [1.54, 1.807) is 0 Å². The van der Waals surface area contributed by atoms with E-state index >= 15 is 0 Å². The average Bonchev–Trinajstić information content (AvgIpc) is 2.53. The number of aryl methyl sites for hydroxylation is 2. The van der Waals surface area contributed by atoms with Crippen molar-refractivity contribution in [2.45, 2.75) is 39.7 Å². The summed E-state index contributed by atoms with van der Waals surface area (Å²) in [5.74, 6) is 0.845. The minimum Gasteiger partial charge on any atom is -0.491 e. The normalized spacial score (nSPS) is 10.5. The molecule has 2 rings (SSSR count). The Balaban J connectivity index is 1.72. The van der Waals surface area contributed by atoms with Gasteiger partial charge in [-0.3, -0.25) is 0 Å². The SMILES string of the molecule is Cc1ccc(CCCNC(=S)Nc2cccc(OC(C)C)c2)cc1. The molecule has 0 atom stereocenters. The quantitative estimate of drug-likeness (QED) is 0.564. The maximum atomic E-state index is 5.69. The summed E-state index contributed by atoms with van der Waals surface area (Å²) in [6.45, 7) is 6.99. The third-order valence-corrected chi connectivity index (χ3v) is 3.76. The van der Waals surface area contributed by atoms with E-state index in [2.05, 4.69) is 41.8 Å². The highest BCUT2D eigenvalue weighted by Crippen LogP contribution is 2.18. The molecule has 3 nitrogen and oxygen atoms in total. The van der Waals surface area contributed by atoms with Crippen LogP contribution in [0.1, 0.15) is 31.4 Å². The molecule has 2 aromatic rings. The van der Waals surface area contributed by atoms with E-state index in [1.807, 2.05) is 38.1 Å². The molecule has 0 amide bonds. The fraction of sp³-hybridized carbons (Fsp3) is 0.350. The van der Waals surface area contributed by atoms with Crippen LogP contribution in [0.25, 0.3) is 0 Å². The molecule has 24 heavy (non-hydrogen) atoms. The summed E-state index contributed by atoms with van der Waals surface area (Å²) in [4.78, 5) is 0. The van der Waals surface area contributed by atoms with Crippen molar-refractivity contribution >= 4 is 23.0 Å². The smallest absolute Gasteiger partial charge is 0.170 e. The number of nitrogens with one attached hydrogen (secondary N) is 2. The molecule has 0 heterocycles. The monoisotopic (exact) mass is 342 g/mol. The molecule has 0 spiro atoms. The maximum Gasteiger partial charge on any atom is 0.170 e. The molecular formula is C20H26N2OS. The Labute approximate surface area is 150 Å². The first-order chi connectivity index (χ1) is 11.5. The second-order valence-electron chi connectivity index (χ2n) is 6.16. The van der Waals surface area contributed by atoms with Crippen LogP contribution in [0.2, 0.25) is 0 Å². The first kappa shape index (κ1) is 18.3. The molecule has 0 saturated carbocycles. The van der Waals surface area contributed by atoms with Gasteiger partial charge in [0.25, 0.3) is 0 Å². The Hall–Kier alpha value is -2.07. The van der Waals surface area contributed by atoms with E-state index in [1.165, 1.54) is 11.1 Å². The molecular weight excluding hydrogens is 316 g/mol. The van der Waals surface area contributed by atoms with Gasteiger partial charge in [0, 0.05) is 18.3 Å². The molecule has 4 heteroatoms. The molecule has 0 radical (unpaired) electrons. The van der Waals surface area contributed by atoms with Gasteiger partial charge < -0.3 is 15.4 Å². The van der Waals surface area contributed by atoms with Crippen LogP contribution in [-0.4, -0.2) is 17.8 Å². The maximum absolute atomic E-state index is 5.69. The molecule has 0 aromatic heterocycles. The van der Waals surface area contributed by atoms with Gasteiger partial charge in [-0.05, 0) is 63.5 Å². The van der Waals surface area contributed by atoms with Crippen molar-refractivity contribution in [1.82, 2.24) is 5.32 Å². The van der Waals surface area contributed by atoms with Crippen molar-refractivity contribution < 1.29 is 4.74 Å². The van der Waals surface area contributed by atoms with Gasteiger partial charge in [0.2, 0.25) is 0 Å². The summed E-state index contributed by atoms with van der Waals surface area (Å²) >= 11 is 5.35. The summed E-state index contributed by atoms with van der Waals surface area (Å²) in [7, 11) is 0. The Bertz CT molecular complexity index is 653. The van der Waals surface area contributed by atoms with E-state index in [0.29, 0.717) is 5.11 Å². The Kier molecular flexibility index (Phi) is 7.07. The van der Waals surface area contributed by atoms with Crippen LogP contribution >= 0.6 is 12.2 Å². The molecule has 128 valence electrons. The average molecular weight is 343 g/mol. The Morgan fingerprint density at radius 1 is 1.12 bits per heavy atom. The van der Waals surface area contributed by atoms with Gasteiger partial charge in [-0.25, -0.2) is 0 Å². The lowest BCUT2D eigenvalue weighted by atomic mass is 10.1. The van der Waals surface area contributed by atoms with Crippen LogP contribution in [-0.2, 0) is 6.42 Å². The summed E-state index contributed by atoms with van der Waals surface area (Å²) in [5, 5.41) is 7.09. The minimum absolute atomic E-state index is 0.159. The second kappa shape index (κ2) is 9.28. The highest BCUT2D eigenvalue weighted by Gasteiger charge is 2.01. The molecule has 0 aliphatic carbocycles. The zero-order valence-corrected chi connectivity index (χ0v) is 15.5. The summed E-state index contributed by atoms with van der Waals surface area (Å²) in [5.41, 5.74) is 3.59. The standard InChI is InChI=1S/C20H26N2OS/c1-15(2)23-19-8-4-7-18(14-19)22-20(24)21-13-5-6-17-11-9-16(3)10-12-17/h4,7-12,14-15H,5-6,13H2,1-3H3,(H2,21,22,24). The molecule has 0 aliphatic heterocycles. The molecule has 0 bridgehead atoms. The summed E-state index contributed by atoms with van der Waals surface area (Å²) < 4.78 is 5.69. The zero-order chi connectivity index (χ0) is 17.4. The first-order valence-electron chi connectivity index (χ1n) is 8.40. The molecule has 0 aliphatic rings. The summed E-state index contributed by atoms with van der Waals surface area (Å²) in [6, 6.07) is 16.5. The number of ether oxygens (including phenoxy) is 1. The van der Waals surface area contributed by atoms with Gasteiger partial charge in [-0.1, -0.05) is 35.9 Å². The highest BCUT2D eigenvalue weighted by molar-refractivity contribution is 7.80. The molecule has 2 aromatic carbocycles. The topological polar surface area (TPSA) is 33.3 Å². The molecule has 0 saturated heterocycles. The van der Waals surface area contributed by atoms with E-state index < -0.39 is 0 Å². The number of hydrogen-bond donors (Lipinski definition) is 2. The second-order valence-corrected chi connectivity index (χ2v) is 6.57. The number of thiocarbonyl (C=S) groups is 1. The third-order valence-electron chi connectivity index (χ3n) is 3.51. The van der Waals surface area contributed by atoms with Gasteiger partial charge in [0.1, 0.15) is 5.75 Å². The van der Waals surface area contributed by atoms with Crippen molar-refractivity contribution in [3.05, 3.63) is 59.7 Å². The predicted octanol–water partition coefficient (Wildman–Crippen LogP) is 4.70. The van der Waals surface area contributed by atoms with Crippen molar-refractivity contribution in [3.63, 3.8) is 0 Å². The van der Waals surface area contributed by atoms with Crippen LogP contribution in [0.5, 0.6) is 5.75 Å². The van der Waals surface area contributed by atoms with E-state index in [-0.39, 0.29) is 6.10 Å². The van der Waals surface area contributed by atoms with Gasteiger partial charge in [0.15, 0.2) is 5.11 Å². The van der Waals surface area contributed by atoms with E-state index in [4.69, 9.17) is 17.0 Å². The van der Waals surface area contributed by atoms with Crippen LogP contribution in [0.15, 0.2) is 48.5 Å². The molecule has 0 fully saturated rings. The van der Waals surface area contributed by atoms with E-state index in [9.17, 15) is 0 Å². The molecule has 2 N–H and O–H groups in total. The van der Waals surface area contributed by atoms with Crippen LogP contribution in [0.3, 0.4) is 0 Å². The fourth-order valence-corrected chi connectivity index (χ4v) is 2.56. The predicted molar refractivity (Wildman–Crippen MR) is 106 cm³/mol. The zero-order valence-electron chi connectivity index (χ0n) is 14.6. The van der Waals surface area contributed by atoms with Crippen LogP contribution in [0, 0.1) is 6.92 Å². The van der Waals surface area contributed by atoms with Crippen molar-refractivity contribution in [2.75, 3.05) is 11.9 Å². The largest absolute Gasteiger partial charge is 0.491 e. The third kappa shape index (κ3) is 6.59. The van der Waals surface area contributed by atoms with Gasteiger partial charge in [-0.2, -0.15) is 0 Å². The van der Waals surface area contributed by atoms with Gasteiger partial charge >= 0.3 is 0 Å². The number of rotatable bonds is 7. The number of hydrogen-bond acceptors (Lipinski definition) is 2. The number of benzene rings is 2. The Morgan fingerprint density at radius 3 is 2.58 bits per heavy atom. The lowest BCUT2D eigenvalue weighted by Gasteiger charge is -2.13. The lowest BCUT2D eigenvalue weighted by molar-refractivity contribution is 0.242. The van der Waals surface area contributed by atoms with Gasteiger partial charge in [-0.15, -0.1) is 0 Å².